The van der Waals surface area contributed by atoms with E-state index in [1.807, 2.05) is 17.5 Å². The Kier molecular flexibility index (Phi) is 6.79. The minimum Gasteiger partial charge on any atom is -0.333 e. The molecule has 4 nitrogen and oxygen atoms in total. The van der Waals surface area contributed by atoms with Gasteiger partial charge in [-0.05, 0) is 42.5 Å². The topological polar surface area (TPSA) is 49.4 Å². The summed E-state index contributed by atoms with van der Waals surface area (Å²) in [6.07, 6.45) is -2.63. The molecule has 140 valence electrons. The molecule has 0 fully saturated rings. The van der Waals surface area contributed by atoms with E-state index in [1.165, 1.54) is 23.1 Å². The minimum atomic E-state index is -4.46. The molecule has 1 heterocycles. The molecule has 0 atom stereocenters. The van der Waals surface area contributed by atoms with Crippen molar-refractivity contribution < 1.29 is 22.8 Å². The van der Waals surface area contributed by atoms with Crippen molar-refractivity contribution in [2.45, 2.75) is 25.4 Å². The lowest BCUT2D eigenvalue weighted by molar-refractivity contribution is -0.138. The van der Waals surface area contributed by atoms with Gasteiger partial charge in [-0.15, -0.1) is 11.3 Å². The second-order valence-corrected chi connectivity index (χ2v) is 6.87. The molecule has 0 aliphatic rings. The molecular weight excluding hydrogens is 365 g/mol. The Bertz CT molecular complexity index is 745. The highest BCUT2D eigenvalue weighted by molar-refractivity contribution is 7.09. The zero-order valence-corrected chi connectivity index (χ0v) is 15.0. The van der Waals surface area contributed by atoms with E-state index >= 15 is 0 Å². The molecule has 2 amide bonds. The smallest absolute Gasteiger partial charge is 0.333 e. The number of rotatable bonds is 7. The number of benzene rings is 1. The van der Waals surface area contributed by atoms with Gasteiger partial charge in [0.25, 0.3) is 5.91 Å². The molecule has 0 unspecified atom stereocenters. The number of alkyl halides is 3. The standard InChI is InChI=1S/C18H19F3N2O2S/c1-23(12-18(19,20)21)17(25)13-5-2-6-14(11-13)22-16(24)9-3-7-15-8-4-10-26-15/h2,4-6,8,10-11H,3,7,9,12H2,1H3,(H,22,24). The zero-order valence-electron chi connectivity index (χ0n) is 14.2. The summed E-state index contributed by atoms with van der Waals surface area (Å²) in [5, 5.41) is 4.66. The lowest BCUT2D eigenvalue weighted by Crippen LogP contribution is -2.35. The number of hydrogen-bond acceptors (Lipinski definition) is 3. The maximum absolute atomic E-state index is 12.4. The summed E-state index contributed by atoms with van der Waals surface area (Å²) in [6.45, 7) is -1.33. The number of nitrogens with one attached hydrogen (secondary N) is 1. The maximum atomic E-state index is 12.4. The quantitative estimate of drug-likeness (QED) is 0.772. The van der Waals surface area contributed by atoms with Crippen LogP contribution in [0.4, 0.5) is 18.9 Å². The van der Waals surface area contributed by atoms with Crippen LogP contribution in [-0.2, 0) is 11.2 Å². The first kappa shape index (κ1) is 20.0. The summed E-state index contributed by atoms with van der Waals surface area (Å²) >= 11 is 1.64. The van der Waals surface area contributed by atoms with Crippen LogP contribution < -0.4 is 5.32 Å². The lowest BCUT2D eigenvalue weighted by atomic mass is 10.1. The Morgan fingerprint density at radius 3 is 2.62 bits per heavy atom. The SMILES string of the molecule is CN(CC(F)(F)F)C(=O)c1cccc(NC(=O)CCCc2cccs2)c1. The maximum Gasteiger partial charge on any atom is 0.406 e. The summed E-state index contributed by atoms with van der Waals surface area (Å²) in [4.78, 5) is 25.9. The molecule has 8 heteroatoms. The molecular formula is C18H19F3N2O2S. The van der Waals surface area contributed by atoms with Gasteiger partial charge in [-0.2, -0.15) is 13.2 Å². The Labute approximate surface area is 153 Å². The van der Waals surface area contributed by atoms with Crippen molar-refractivity contribution in [2.75, 3.05) is 18.9 Å². The Hall–Kier alpha value is -2.35. The third-order valence-electron chi connectivity index (χ3n) is 3.56. The highest BCUT2D eigenvalue weighted by Crippen LogP contribution is 2.19. The van der Waals surface area contributed by atoms with Crippen LogP contribution in [-0.4, -0.2) is 36.5 Å². The fourth-order valence-electron chi connectivity index (χ4n) is 2.39. The summed E-state index contributed by atoms with van der Waals surface area (Å²) in [5.41, 5.74) is 0.477. The number of hydrogen-bond donors (Lipinski definition) is 1. The van der Waals surface area contributed by atoms with E-state index in [-0.39, 0.29) is 11.5 Å². The van der Waals surface area contributed by atoms with Gasteiger partial charge in [0.1, 0.15) is 6.54 Å². The van der Waals surface area contributed by atoms with Crippen LogP contribution in [0.2, 0.25) is 0 Å². The van der Waals surface area contributed by atoms with Crippen LogP contribution in [0.25, 0.3) is 0 Å². The Morgan fingerprint density at radius 2 is 1.96 bits per heavy atom. The summed E-state index contributed by atoms with van der Waals surface area (Å²) < 4.78 is 37.2. The molecule has 0 radical (unpaired) electrons. The minimum absolute atomic E-state index is 0.0909. The predicted molar refractivity (Wildman–Crippen MR) is 95.3 cm³/mol. The van der Waals surface area contributed by atoms with Crippen molar-refractivity contribution in [3.8, 4) is 0 Å². The first-order valence-corrected chi connectivity index (χ1v) is 8.87. The summed E-state index contributed by atoms with van der Waals surface area (Å²) in [6, 6.07) is 9.88. The van der Waals surface area contributed by atoms with Gasteiger partial charge in [0, 0.05) is 29.6 Å². The predicted octanol–water partition coefficient (Wildman–Crippen LogP) is 4.34. The Morgan fingerprint density at radius 1 is 1.19 bits per heavy atom. The monoisotopic (exact) mass is 384 g/mol. The first-order valence-electron chi connectivity index (χ1n) is 7.99. The van der Waals surface area contributed by atoms with Gasteiger partial charge in [0.05, 0.1) is 0 Å². The van der Waals surface area contributed by atoms with E-state index in [0.717, 1.165) is 13.5 Å². The van der Waals surface area contributed by atoms with Gasteiger partial charge < -0.3 is 10.2 Å². The van der Waals surface area contributed by atoms with Crippen LogP contribution in [0.3, 0.4) is 0 Å². The molecule has 0 saturated carbocycles. The van der Waals surface area contributed by atoms with Crippen molar-refractivity contribution in [3.63, 3.8) is 0 Å². The average Bonchev–Trinajstić information content (AvgIpc) is 3.06. The van der Waals surface area contributed by atoms with Gasteiger partial charge in [0.2, 0.25) is 5.91 Å². The van der Waals surface area contributed by atoms with Crippen LogP contribution in [0.5, 0.6) is 0 Å². The number of anilines is 1. The number of carbonyl (C=O) groups excluding carboxylic acids is 2. The number of thiophene rings is 1. The van der Waals surface area contributed by atoms with Gasteiger partial charge in [-0.1, -0.05) is 12.1 Å². The molecule has 2 aromatic rings. The fourth-order valence-corrected chi connectivity index (χ4v) is 3.14. The van der Waals surface area contributed by atoms with E-state index in [2.05, 4.69) is 5.32 Å². The van der Waals surface area contributed by atoms with Crippen LogP contribution in [0, 0.1) is 0 Å². The zero-order chi connectivity index (χ0) is 19.2. The van der Waals surface area contributed by atoms with Crippen molar-refractivity contribution in [2.24, 2.45) is 0 Å². The largest absolute Gasteiger partial charge is 0.406 e. The highest BCUT2D eigenvalue weighted by Gasteiger charge is 2.31. The van der Waals surface area contributed by atoms with Crippen molar-refractivity contribution in [3.05, 3.63) is 52.2 Å². The number of carbonyl (C=O) groups is 2. The van der Waals surface area contributed by atoms with Gasteiger partial charge in [-0.3, -0.25) is 9.59 Å². The van der Waals surface area contributed by atoms with Crippen molar-refractivity contribution in [1.82, 2.24) is 4.90 Å². The van der Waals surface area contributed by atoms with Crippen LogP contribution in [0.1, 0.15) is 28.1 Å². The number of aryl methyl sites for hydroxylation is 1. The molecule has 0 saturated heterocycles. The van der Waals surface area contributed by atoms with E-state index in [1.54, 1.807) is 17.4 Å². The molecule has 1 aromatic heterocycles. The average molecular weight is 384 g/mol. The van der Waals surface area contributed by atoms with Gasteiger partial charge in [0.15, 0.2) is 0 Å². The normalized spacial score (nSPS) is 11.2. The molecule has 0 aliphatic heterocycles. The summed E-state index contributed by atoms with van der Waals surface area (Å²) in [7, 11) is 1.09. The summed E-state index contributed by atoms with van der Waals surface area (Å²) in [5.74, 6) is -0.953. The van der Waals surface area contributed by atoms with E-state index in [0.29, 0.717) is 23.4 Å². The van der Waals surface area contributed by atoms with E-state index in [9.17, 15) is 22.8 Å². The fraction of sp³-hybridized carbons (Fsp3) is 0.333. The molecule has 1 aromatic carbocycles. The van der Waals surface area contributed by atoms with Gasteiger partial charge in [-0.25, -0.2) is 0 Å². The number of amides is 2. The second kappa shape index (κ2) is 8.84. The van der Waals surface area contributed by atoms with Crippen molar-refractivity contribution in [1.29, 1.82) is 0 Å². The van der Waals surface area contributed by atoms with E-state index < -0.39 is 18.6 Å². The second-order valence-electron chi connectivity index (χ2n) is 5.84. The molecule has 0 aliphatic carbocycles. The third-order valence-corrected chi connectivity index (χ3v) is 4.50. The molecule has 1 N–H and O–H groups in total. The molecule has 26 heavy (non-hydrogen) atoms. The molecule has 2 rings (SSSR count). The Balaban J connectivity index is 1.89. The van der Waals surface area contributed by atoms with E-state index in [4.69, 9.17) is 0 Å². The lowest BCUT2D eigenvalue weighted by Gasteiger charge is -2.19. The van der Waals surface area contributed by atoms with Gasteiger partial charge >= 0.3 is 6.18 Å². The third kappa shape index (κ3) is 6.51. The van der Waals surface area contributed by atoms with Crippen molar-refractivity contribution >= 4 is 28.8 Å². The van der Waals surface area contributed by atoms with Crippen LogP contribution in [0.15, 0.2) is 41.8 Å². The molecule has 0 bridgehead atoms. The van der Waals surface area contributed by atoms with Crippen LogP contribution >= 0.6 is 11.3 Å². The number of nitrogens with zero attached hydrogens (tertiary/aromatic N) is 1. The molecule has 0 spiro atoms. The first-order chi connectivity index (χ1) is 12.2. The number of halogens is 3. The highest BCUT2D eigenvalue weighted by atomic mass is 32.1.